The number of nitrogens with one attached hydrogen (secondary N) is 4. The summed E-state index contributed by atoms with van der Waals surface area (Å²) in [4.78, 5) is 22.8. The van der Waals surface area contributed by atoms with Gasteiger partial charge in [0.15, 0.2) is 0 Å². The highest BCUT2D eigenvalue weighted by atomic mass is 16.6. The third-order valence-corrected chi connectivity index (χ3v) is 4.30. The number of aliphatic hydroxyl groups excluding tert-OH is 2. The summed E-state index contributed by atoms with van der Waals surface area (Å²) in [6.07, 6.45) is -0.555. The fourth-order valence-corrected chi connectivity index (χ4v) is 2.94. The second kappa shape index (κ2) is 11.7. The van der Waals surface area contributed by atoms with Gasteiger partial charge >= 0.3 is 12.2 Å². The summed E-state index contributed by atoms with van der Waals surface area (Å²) in [7, 11) is 0. The van der Waals surface area contributed by atoms with Crippen LogP contribution >= 0.6 is 0 Å². The molecule has 2 rings (SSSR count). The van der Waals surface area contributed by atoms with Gasteiger partial charge in [-0.05, 0) is 67.5 Å². The number of aliphatic hydroxyl groups is 2. The van der Waals surface area contributed by atoms with E-state index in [1.807, 2.05) is 41.5 Å². The number of amides is 2. The van der Waals surface area contributed by atoms with Crippen molar-refractivity contribution in [3.05, 3.63) is 0 Å². The van der Waals surface area contributed by atoms with Gasteiger partial charge in [-0.3, -0.25) is 0 Å². The predicted molar refractivity (Wildman–Crippen MR) is 113 cm³/mol. The number of hydrogen-bond acceptors (Lipinski definition) is 8. The summed E-state index contributed by atoms with van der Waals surface area (Å²) < 4.78 is 10.2. The topological polar surface area (TPSA) is 141 Å². The van der Waals surface area contributed by atoms with Gasteiger partial charge in [0.2, 0.25) is 0 Å². The first kappa shape index (κ1) is 26.4. The maximum absolute atomic E-state index is 11.4. The van der Waals surface area contributed by atoms with Crippen LogP contribution in [0.1, 0.15) is 54.4 Å². The van der Waals surface area contributed by atoms with Crippen molar-refractivity contribution in [2.45, 2.75) is 89.9 Å². The Hall–Kier alpha value is -1.62. The number of carbonyl (C=O) groups excluding carboxylic acids is 2. The second-order valence-corrected chi connectivity index (χ2v) is 9.63. The van der Waals surface area contributed by atoms with Gasteiger partial charge in [0.1, 0.15) is 11.2 Å². The van der Waals surface area contributed by atoms with E-state index in [1.165, 1.54) is 0 Å². The SMILES string of the molecule is CC(C)(C)OC(=O)N[C@@H]1CCNC[C@H]1O.CC(C)(C)OC(=O)N[C@H]1CCNC[C@@H]1O. The first-order valence-corrected chi connectivity index (χ1v) is 10.5. The Morgan fingerprint density at radius 2 is 1.10 bits per heavy atom. The molecule has 10 nitrogen and oxygen atoms in total. The lowest BCUT2D eigenvalue weighted by molar-refractivity contribution is 0.0379. The standard InChI is InChI=1S/2C10H20N2O3/c2*1-10(2,3)15-9(14)12-7-4-5-11-6-8(7)13/h2*7-8,11,13H,4-6H2,1-3H3,(H,12,14)/t2*7-,8-/m10/s1. The average molecular weight is 433 g/mol. The van der Waals surface area contributed by atoms with Crippen molar-refractivity contribution in [2.75, 3.05) is 26.2 Å². The molecule has 2 amide bonds. The van der Waals surface area contributed by atoms with Gasteiger partial charge in [-0.15, -0.1) is 0 Å². The van der Waals surface area contributed by atoms with Crippen LogP contribution in [-0.2, 0) is 9.47 Å². The van der Waals surface area contributed by atoms with Crippen molar-refractivity contribution >= 4 is 12.2 Å². The maximum Gasteiger partial charge on any atom is 0.407 e. The highest BCUT2D eigenvalue weighted by molar-refractivity contribution is 5.68. The van der Waals surface area contributed by atoms with Crippen LogP contribution in [0.25, 0.3) is 0 Å². The first-order valence-electron chi connectivity index (χ1n) is 10.5. The third kappa shape index (κ3) is 11.5. The summed E-state index contributed by atoms with van der Waals surface area (Å²) >= 11 is 0. The lowest BCUT2D eigenvalue weighted by atomic mass is 10.0. The molecule has 30 heavy (non-hydrogen) atoms. The van der Waals surface area contributed by atoms with Crippen LogP contribution in [0.2, 0.25) is 0 Å². The minimum Gasteiger partial charge on any atom is -0.444 e. The number of carbonyl (C=O) groups is 2. The molecule has 2 saturated heterocycles. The zero-order valence-electron chi connectivity index (χ0n) is 19.1. The Morgan fingerprint density at radius 1 is 0.767 bits per heavy atom. The summed E-state index contributed by atoms with van der Waals surface area (Å²) in [5.74, 6) is 0. The molecule has 0 bridgehead atoms. The fraction of sp³-hybridized carbons (Fsp3) is 0.900. The molecule has 0 aromatic carbocycles. The van der Waals surface area contributed by atoms with Gasteiger partial charge < -0.3 is 41.0 Å². The highest BCUT2D eigenvalue weighted by Crippen LogP contribution is 2.10. The zero-order chi connectivity index (χ0) is 22.9. The molecule has 2 heterocycles. The van der Waals surface area contributed by atoms with Gasteiger partial charge in [-0.25, -0.2) is 9.59 Å². The van der Waals surface area contributed by atoms with E-state index in [1.54, 1.807) is 0 Å². The summed E-state index contributed by atoms with van der Waals surface area (Å²) in [6.45, 7) is 13.5. The molecule has 0 saturated carbocycles. The molecule has 10 heteroatoms. The van der Waals surface area contributed by atoms with E-state index in [9.17, 15) is 19.8 Å². The van der Waals surface area contributed by atoms with Crippen molar-refractivity contribution in [3.8, 4) is 0 Å². The molecule has 2 aliphatic rings. The van der Waals surface area contributed by atoms with Crippen molar-refractivity contribution < 1.29 is 29.3 Å². The number of rotatable bonds is 2. The van der Waals surface area contributed by atoms with Crippen molar-refractivity contribution in [1.82, 2.24) is 21.3 Å². The molecule has 0 aromatic heterocycles. The lowest BCUT2D eigenvalue weighted by Crippen LogP contribution is -2.53. The quantitative estimate of drug-likeness (QED) is 0.370. The number of β-amino-alcohol motifs (C(OH)–C–C–N with tert-alkyl or cyclic N) is 2. The zero-order valence-corrected chi connectivity index (χ0v) is 19.1. The van der Waals surface area contributed by atoms with Crippen LogP contribution in [0.5, 0.6) is 0 Å². The van der Waals surface area contributed by atoms with E-state index in [0.717, 1.165) is 25.9 Å². The molecule has 2 fully saturated rings. The molecular formula is C20H40N4O6. The third-order valence-electron chi connectivity index (χ3n) is 4.30. The fourth-order valence-electron chi connectivity index (χ4n) is 2.94. The van der Waals surface area contributed by atoms with Crippen molar-refractivity contribution in [1.29, 1.82) is 0 Å². The summed E-state index contributed by atoms with van der Waals surface area (Å²) in [5.41, 5.74) is -0.996. The Morgan fingerprint density at radius 3 is 1.37 bits per heavy atom. The van der Waals surface area contributed by atoms with Gasteiger partial charge in [0, 0.05) is 13.1 Å². The largest absolute Gasteiger partial charge is 0.444 e. The Bertz CT molecular complexity index is 498. The molecular weight excluding hydrogens is 392 g/mol. The molecule has 0 radical (unpaired) electrons. The van der Waals surface area contributed by atoms with Crippen LogP contribution in [0, 0.1) is 0 Å². The van der Waals surface area contributed by atoms with E-state index >= 15 is 0 Å². The molecule has 0 aromatic rings. The maximum atomic E-state index is 11.4. The van der Waals surface area contributed by atoms with E-state index in [0.29, 0.717) is 13.1 Å². The van der Waals surface area contributed by atoms with Gasteiger partial charge in [0.05, 0.1) is 24.3 Å². The predicted octanol–water partition coefficient (Wildman–Crippen LogP) is 0.468. The molecule has 6 N–H and O–H groups in total. The van der Waals surface area contributed by atoms with Crippen molar-refractivity contribution in [2.24, 2.45) is 0 Å². The molecule has 176 valence electrons. The normalized spacial score (nSPS) is 27.2. The van der Waals surface area contributed by atoms with Gasteiger partial charge in [0.25, 0.3) is 0 Å². The van der Waals surface area contributed by atoms with Crippen LogP contribution < -0.4 is 21.3 Å². The minimum absolute atomic E-state index is 0.207. The van der Waals surface area contributed by atoms with Crippen LogP contribution in [0.3, 0.4) is 0 Å². The number of piperidine rings is 2. The Balaban J connectivity index is 0.000000300. The van der Waals surface area contributed by atoms with Crippen molar-refractivity contribution in [3.63, 3.8) is 0 Å². The number of ether oxygens (including phenoxy) is 2. The average Bonchev–Trinajstić information content (AvgIpc) is 2.56. The Kier molecular flexibility index (Phi) is 10.3. The number of hydrogen-bond donors (Lipinski definition) is 6. The van der Waals surface area contributed by atoms with E-state index < -0.39 is 35.6 Å². The smallest absolute Gasteiger partial charge is 0.407 e. The Labute approximate surface area is 179 Å². The molecule has 0 aliphatic carbocycles. The van der Waals surface area contributed by atoms with E-state index in [4.69, 9.17) is 9.47 Å². The van der Waals surface area contributed by atoms with Gasteiger partial charge in [-0.2, -0.15) is 0 Å². The monoisotopic (exact) mass is 432 g/mol. The van der Waals surface area contributed by atoms with Crippen LogP contribution in [0.4, 0.5) is 9.59 Å². The van der Waals surface area contributed by atoms with Crippen LogP contribution in [0.15, 0.2) is 0 Å². The van der Waals surface area contributed by atoms with E-state index in [-0.39, 0.29) is 12.1 Å². The molecule has 0 unspecified atom stereocenters. The molecule has 4 atom stereocenters. The molecule has 2 aliphatic heterocycles. The van der Waals surface area contributed by atoms with Crippen LogP contribution in [-0.4, -0.2) is 84.1 Å². The lowest BCUT2D eigenvalue weighted by Gasteiger charge is -2.30. The first-order chi connectivity index (χ1) is 13.8. The highest BCUT2D eigenvalue weighted by Gasteiger charge is 2.27. The number of alkyl carbamates (subject to hydrolysis) is 2. The summed E-state index contributed by atoms with van der Waals surface area (Å²) in [5, 5.41) is 30.6. The second-order valence-electron chi connectivity index (χ2n) is 9.63. The van der Waals surface area contributed by atoms with Gasteiger partial charge in [-0.1, -0.05) is 0 Å². The molecule has 0 spiro atoms. The van der Waals surface area contributed by atoms with E-state index in [2.05, 4.69) is 21.3 Å². The summed E-state index contributed by atoms with van der Waals surface area (Å²) in [6, 6.07) is -0.415. The minimum atomic E-state index is -0.536.